The molecule has 0 aromatic heterocycles. The summed E-state index contributed by atoms with van der Waals surface area (Å²) in [7, 11) is 0. The highest BCUT2D eigenvalue weighted by atomic mass is 16.4. The van der Waals surface area contributed by atoms with Gasteiger partial charge in [0, 0.05) is 5.41 Å². The average Bonchev–Trinajstić information content (AvgIpc) is 2.16. The lowest BCUT2D eigenvalue weighted by Gasteiger charge is -2.00. The van der Waals surface area contributed by atoms with Gasteiger partial charge in [0.25, 0.3) is 0 Å². The summed E-state index contributed by atoms with van der Waals surface area (Å²) in [6, 6.07) is 0. The van der Waals surface area contributed by atoms with Crippen LogP contribution in [0.15, 0.2) is 0 Å². The van der Waals surface area contributed by atoms with Gasteiger partial charge in [0.2, 0.25) is 0 Å². The van der Waals surface area contributed by atoms with E-state index in [2.05, 4.69) is 0 Å². The predicted molar refractivity (Wildman–Crippen MR) is 30.8 cm³/mol. The SMILES string of the molecule is CC1(C)C(O)[C@@]1(O)C=O. The van der Waals surface area contributed by atoms with Crippen molar-refractivity contribution in [3.8, 4) is 0 Å². The van der Waals surface area contributed by atoms with Crippen LogP contribution in [0.4, 0.5) is 0 Å². The normalized spacial score (nSPS) is 46.4. The molecule has 0 radical (unpaired) electrons. The summed E-state index contributed by atoms with van der Waals surface area (Å²) in [5.74, 6) is 0. The van der Waals surface area contributed by atoms with Crippen molar-refractivity contribution >= 4 is 6.29 Å². The first-order valence-corrected chi connectivity index (χ1v) is 2.83. The second-order valence-corrected chi connectivity index (χ2v) is 3.07. The molecule has 0 amide bonds. The standard InChI is InChI=1S/C6H10O3/c1-5(2)4(8)6(5,9)3-7/h3-4,8-9H,1-2H3/t4?,6-/m0/s1. The Balaban J connectivity index is 2.81. The summed E-state index contributed by atoms with van der Waals surface area (Å²) in [6.07, 6.45) is -0.486. The first kappa shape index (κ1) is 6.71. The van der Waals surface area contributed by atoms with Crippen LogP contribution in [-0.4, -0.2) is 28.2 Å². The summed E-state index contributed by atoms with van der Waals surface area (Å²) in [6.45, 7) is 3.29. The van der Waals surface area contributed by atoms with E-state index < -0.39 is 17.1 Å². The van der Waals surface area contributed by atoms with Gasteiger partial charge in [0.1, 0.15) is 0 Å². The maximum atomic E-state index is 10.1. The van der Waals surface area contributed by atoms with Gasteiger partial charge in [-0.3, -0.25) is 0 Å². The molecule has 52 valence electrons. The summed E-state index contributed by atoms with van der Waals surface area (Å²) in [4.78, 5) is 10.1. The van der Waals surface area contributed by atoms with Gasteiger partial charge in [-0.2, -0.15) is 0 Å². The molecule has 0 aromatic carbocycles. The summed E-state index contributed by atoms with van der Waals surface area (Å²) < 4.78 is 0. The van der Waals surface area contributed by atoms with E-state index in [0.717, 1.165) is 0 Å². The molecule has 0 saturated heterocycles. The predicted octanol–water partition coefficient (Wildman–Crippen LogP) is -0.683. The molecule has 3 nitrogen and oxygen atoms in total. The number of carbonyl (C=O) groups excluding carboxylic acids is 1. The second kappa shape index (κ2) is 1.36. The number of aliphatic hydroxyl groups is 2. The lowest BCUT2D eigenvalue weighted by atomic mass is 10.1. The highest BCUT2D eigenvalue weighted by Gasteiger charge is 2.71. The Labute approximate surface area is 53.3 Å². The van der Waals surface area contributed by atoms with Crippen LogP contribution in [0.1, 0.15) is 13.8 Å². The van der Waals surface area contributed by atoms with Gasteiger partial charge in [-0.1, -0.05) is 13.8 Å². The topological polar surface area (TPSA) is 57.5 Å². The summed E-state index contributed by atoms with van der Waals surface area (Å²) >= 11 is 0. The van der Waals surface area contributed by atoms with Gasteiger partial charge in [-0.15, -0.1) is 0 Å². The van der Waals surface area contributed by atoms with Crippen LogP contribution in [-0.2, 0) is 4.79 Å². The van der Waals surface area contributed by atoms with Crippen molar-refractivity contribution in [1.29, 1.82) is 0 Å². The van der Waals surface area contributed by atoms with Crippen molar-refractivity contribution in [3.05, 3.63) is 0 Å². The minimum absolute atomic E-state index is 0.400. The van der Waals surface area contributed by atoms with Crippen molar-refractivity contribution < 1.29 is 15.0 Å². The Hall–Kier alpha value is -0.410. The van der Waals surface area contributed by atoms with Crippen molar-refractivity contribution in [2.45, 2.75) is 25.6 Å². The van der Waals surface area contributed by atoms with Crippen LogP contribution in [0.25, 0.3) is 0 Å². The fourth-order valence-corrected chi connectivity index (χ4v) is 0.963. The molecule has 1 saturated carbocycles. The maximum Gasteiger partial charge on any atom is 0.154 e. The van der Waals surface area contributed by atoms with Crippen LogP contribution >= 0.6 is 0 Å². The van der Waals surface area contributed by atoms with Gasteiger partial charge in [0.15, 0.2) is 11.9 Å². The Bertz CT molecular complexity index is 152. The zero-order chi connectivity index (χ0) is 7.28. The molecule has 2 atom stereocenters. The molecule has 3 heteroatoms. The van der Waals surface area contributed by atoms with Gasteiger partial charge in [-0.05, 0) is 0 Å². The van der Waals surface area contributed by atoms with Crippen molar-refractivity contribution in [1.82, 2.24) is 0 Å². The van der Waals surface area contributed by atoms with Crippen molar-refractivity contribution in [3.63, 3.8) is 0 Å². The molecule has 0 heterocycles. The zero-order valence-corrected chi connectivity index (χ0v) is 5.46. The lowest BCUT2D eigenvalue weighted by Crippen LogP contribution is -2.18. The smallest absolute Gasteiger partial charge is 0.154 e. The molecule has 0 aromatic rings. The van der Waals surface area contributed by atoms with E-state index in [4.69, 9.17) is 10.2 Å². The van der Waals surface area contributed by atoms with E-state index in [9.17, 15) is 4.79 Å². The summed E-state index contributed by atoms with van der Waals surface area (Å²) in [5, 5.41) is 18.0. The average molecular weight is 130 g/mol. The van der Waals surface area contributed by atoms with E-state index in [-0.39, 0.29) is 0 Å². The lowest BCUT2D eigenvalue weighted by molar-refractivity contribution is -0.119. The number of carbonyl (C=O) groups is 1. The van der Waals surface area contributed by atoms with Crippen LogP contribution in [0.3, 0.4) is 0 Å². The summed E-state index contributed by atoms with van der Waals surface area (Å²) in [5.41, 5.74) is -2.12. The van der Waals surface area contributed by atoms with E-state index in [1.807, 2.05) is 0 Å². The second-order valence-electron chi connectivity index (χ2n) is 3.07. The molecule has 0 aliphatic heterocycles. The van der Waals surface area contributed by atoms with Crippen LogP contribution < -0.4 is 0 Å². The van der Waals surface area contributed by atoms with E-state index >= 15 is 0 Å². The number of hydrogen-bond donors (Lipinski definition) is 2. The Morgan fingerprint density at radius 3 is 1.89 bits per heavy atom. The van der Waals surface area contributed by atoms with Crippen LogP contribution in [0.2, 0.25) is 0 Å². The van der Waals surface area contributed by atoms with Crippen LogP contribution in [0.5, 0.6) is 0 Å². The molecule has 0 spiro atoms. The fraction of sp³-hybridized carbons (Fsp3) is 0.833. The third-order valence-corrected chi connectivity index (χ3v) is 2.23. The van der Waals surface area contributed by atoms with Gasteiger partial charge >= 0.3 is 0 Å². The monoisotopic (exact) mass is 130 g/mol. The van der Waals surface area contributed by atoms with Gasteiger partial charge in [0.05, 0.1) is 6.10 Å². The number of aldehydes is 1. The maximum absolute atomic E-state index is 10.1. The van der Waals surface area contributed by atoms with Gasteiger partial charge < -0.3 is 15.0 Å². The Kier molecular flexibility index (Phi) is 1.01. The molecule has 9 heavy (non-hydrogen) atoms. The molecule has 1 fully saturated rings. The quantitative estimate of drug-likeness (QED) is 0.462. The Morgan fingerprint density at radius 1 is 1.56 bits per heavy atom. The van der Waals surface area contributed by atoms with Crippen LogP contribution in [0, 0.1) is 5.41 Å². The molecule has 0 bridgehead atoms. The third kappa shape index (κ3) is 0.509. The van der Waals surface area contributed by atoms with E-state index in [1.54, 1.807) is 13.8 Å². The molecule has 2 N–H and O–H groups in total. The Morgan fingerprint density at radius 2 is 1.89 bits per heavy atom. The molecule has 1 aliphatic carbocycles. The largest absolute Gasteiger partial charge is 0.389 e. The zero-order valence-electron chi connectivity index (χ0n) is 5.46. The van der Waals surface area contributed by atoms with Gasteiger partial charge in [-0.25, -0.2) is 0 Å². The van der Waals surface area contributed by atoms with E-state index in [1.165, 1.54) is 0 Å². The third-order valence-electron chi connectivity index (χ3n) is 2.23. The highest BCUT2D eigenvalue weighted by molar-refractivity contribution is 5.72. The minimum Gasteiger partial charge on any atom is -0.389 e. The van der Waals surface area contributed by atoms with Crippen molar-refractivity contribution in [2.75, 3.05) is 0 Å². The number of aliphatic hydroxyl groups excluding tert-OH is 1. The highest BCUT2D eigenvalue weighted by Crippen LogP contribution is 2.53. The number of hydrogen-bond acceptors (Lipinski definition) is 3. The molecule has 1 unspecified atom stereocenters. The molecule has 1 aliphatic rings. The fourth-order valence-electron chi connectivity index (χ4n) is 0.963. The molecular formula is C6H10O3. The van der Waals surface area contributed by atoms with Crippen molar-refractivity contribution in [2.24, 2.45) is 5.41 Å². The molecular weight excluding hydrogens is 120 g/mol. The molecule has 1 rings (SSSR count). The first-order chi connectivity index (χ1) is 3.97. The number of rotatable bonds is 1. The minimum atomic E-state index is -1.48. The van der Waals surface area contributed by atoms with E-state index in [0.29, 0.717) is 6.29 Å². The first-order valence-electron chi connectivity index (χ1n) is 2.83.